The maximum Gasteiger partial charge on any atom is 0.236 e. The Morgan fingerprint density at radius 2 is 1.89 bits per heavy atom. The number of furan rings is 1. The van der Waals surface area contributed by atoms with Gasteiger partial charge < -0.3 is 9.32 Å². The van der Waals surface area contributed by atoms with Gasteiger partial charge in [-0.25, -0.2) is 0 Å². The molecular formula is C15H15NO2S. The highest BCUT2D eigenvalue weighted by atomic mass is 32.2. The number of hydrogen-bond acceptors (Lipinski definition) is 4. The molecule has 0 aliphatic carbocycles. The molecule has 3 nitrogen and oxygen atoms in total. The van der Waals surface area contributed by atoms with Crippen molar-refractivity contribution in [1.82, 2.24) is 4.90 Å². The van der Waals surface area contributed by atoms with Gasteiger partial charge in [0.25, 0.3) is 0 Å². The second-order valence-corrected chi connectivity index (χ2v) is 5.29. The minimum Gasteiger partial charge on any atom is -0.461 e. The Morgan fingerprint density at radius 3 is 2.47 bits per heavy atom. The van der Waals surface area contributed by atoms with Crippen LogP contribution >= 0.6 is 11.8 Å². The Hall–Kier alpha value is -1.94. The third kappa shape index (κ3) is 3.76. The van der Waals surface area contributed by atoms with Gasteiger partial charge in [0, 0.05) is 25.2 Å². The molecule has 1 aromatic heterocycles. The summed E-state index contributed by atoms with van der Waals surface area (Å²) >= 11 is 1.43. The molecule has 1 aromatic carbocycles. The van der Waals surface area contributed by atoms with Crippen molar-refractivity contribution in [2.24, 2.45) is 0 Å². The molecule has 0 aliphatic rings. The van der Waals surface area contributed by atoms with Gasteiger partial charge in [0.05, 0.1) is 11.2 Å². The van der Waals surface area contributed by atoms with E-state index < -0.39 is 0 Å². The average Bonchev–Trinajstić information content (AvgIpc) is 2.91. The molecular weight excluding hydrogens is 258 g/mol. The number of ketones is 1. The largest absolute Gasteiger partial charge is 0.461 e. The second-order valence-electron chi connectivity index (χ2n) is 4.18. The molecule has 0 fully saturated rings. The number of nitrogens with zero attached hydrogens (tertiary/aromatic N) is 1. The number of Topliss-reactive ketones (excluding diaryl/α,β-unsaturated/α-hetero) is 1. The molecule has 0 aliphatic heterocycles. The maximum atomic E-state index is 12.3. The zero-order valence-corrected chi connectivity index (χ0v) is 11.7. The first-order valence-corrected chi connectivity index (χ1v) is 6.68. The van der Waals surface area contributed by atoms with Gasteiger partial charge in [-0.1, -0.05) is 30.0 Å². The summed E-state index contributed by atoms with van der Waals surface area (Å²) in [6, 6.07) is 13.2. The van der Waals surface area contributed by atoms with Crippen LogP contribution in [0.25, 0.3) is 0 Å². The molecule has 0 atom stereocenters. The van der Waals surface area contributed by atoms with Crippen LogP contribution in [-0.2, 0) is 0 Å². The van der Waals surface area contributed by atoms with Gasteiger partial charge in [-0.15, -0.1) is 0 Å². The van der Waals surface area contributed by atoms with Crippen LogP contribution in [0.3, 0.4) is 0 Å². The summed E-state index contributed by atoms with van der Waals surface area (Å²) < 4.78 is 5.17. The van der Waals surface area contributed by atoms with Crippen molar-refractivity contribution in [3.8, 4) is 0 Å². The number of benzene rings is 1. The first-order valence-electron chi connectivity index (χ1n) is 5.86. The van der Waals surface area contributed by atoms with E-state index in [-0.39, 0.29) is 5.78 Å². The topological polar surface area (TPSA) is 33.5 Å². The van der Waals surface area contributed by atoms with Crippen LogP contribution in [-0.4, -0.2) is 24.8 Å². The van der Waals surface area contributed by atoms with E-state index >= 15 is 0 Å². The summed E-state index contributed by atoms with van der Waals surface area (Å²) in [5, 5.41) is 0. The van der Waals surface area contributed by atoms with Crippen molar-refractivity contribution >= 4 is 17.5 Å². The lowest BCUT2D eigenvalue weighted by molar-refractivity contribution is 0.101. The highest BCUT2D eigenvalue weighted by Gasteiger charge is 2.16. The highest BCUT2D eigenvalue weighted by Crippen LogP contribution is 2.29. The highest BCUT2D eigenvalue weighted by molar-refractivity contribution is 8.04. The number of carbonyl (C=O) groups excluding carboxylic acids is 1. The number of carbonyl (C=O) groups is 1. The monoisotopic (exact) mass is 273 g/mol. The summed E-state index contributed by atoms with van der Waals surface area (Å²) in [5.41, 5.74) is 0. The SMILES string of the molecule is CN(C)/C=C(\Sc1ccccc1)C(=O)c1ccco1. The van der Waals surface area contributed by atoms with Crippen LogP contribution in [0.2, 0.25) is 0 Å². The van der Waals surface area contributed by atoms with Crippen LogP contribution in [0.4, 0.5) is 0 Å². The van der Waals surface area contributed by atoms with Crippen molar-refractivity contribution in [2.75, 3.05) is 14.1 Å². The molecule has 0 spiro atoms. The lowest BCUT2D eigenvalue weighted by atomic mass is 10.3. The van der Waals surface area contributed by atoms with E-state index in [0.29, 0.717) is 10.7 Å². The van der Waals surface area contributed by atoms with Crippen LogP contribution in [0.1, 0.15) is 10.6 Å². The summed E-state index contributed by atoms with van der Waals surface area (Å²) in [4.78, 5) is 15.8. The van der Waals surface area contributed by atoms with Crippen molar-refractivity contribution in [3.05, 3.63) is 65.6 Å². The lowest BCUT2D eigenvalue weighted by Crippen LogP contribution is -2.07. The molecule has 0 radical (unpaired) electrons. The van der Waals surface area contributed by atoms with Crippen molar-refractivity contribution in [1.29, 1.82) is 0 Å². The molecule has 0 saturated carbocycles. The van der Waals surface area contributed by atoms with E-state index in [2.05, 4.69) is 0 Å². The third-order valence-corrected chi connectivity index (χ3v) is 3.33. The van der Waals surface area contributed by atoms with E-state index in [1.807, 2.05) is 55.5 Å². The zero-order chi connectivity index (χ0) is 13.7. The van der Waals surface area contributed by atoms with Gasteiger partial charge in [-0.05, 0) is 24.3 Å². The molecule has 0 saturated heterocycles. The first kappa shape index (κ1) is 13.5. The van der Waals surface area contributed by atoms with Gasteiger partial charge in [-0.2, -0.15) is 0 Å². The van der Waals surface area contributed by atoms with Crippen molar-refractivity contribution < 1.29 is 9.21 Å². The average molecular weight is 273 g/mol. The van der Waals surface area contributed by atoms with Gasteiger partial charge >= 0.3 is 0 Å². The number of allylic oxidation sites excluding steroid dienone is 1. The molecule has 4 heteroatoms. The molecule has 1 heterocycles. The zero-order valence-electron chi connectivity index (χ0n) is 10.9. The molecule has 98 valence electrons. The Kier molecular flexibility index (Phi) is 4.47. The minimum atomic E-state index is -0.104. The summed E-state index contributed by atoms with van der Waals surface area (Å²) in [6.07, 6.45) is 3.32. The van der Waals surface area contributed by atoms with Gasteiger partial charge in [0.15, 0.2) is 5.76 Å². The molecule has 19 heavy (non-hydrogen) atoms. The second kappa shape index (κ2) is 6.29. The van der Waals surface area contributed by atoms with Crippen LogP contribution in [0, 0.1) is 0 Å². The van der Waals surface area contributed by atoms with E-state index in [0.717, 1.165) is 4.90 Å². The number of thioether (sulfide) groups is 1. The Morgan fingerprint density at radius 1 is 1.16 bits per heavy atom. The number of hydrogen-bond donors (Lipinski definition) is 0. The molecule has 0 N–H and O–H groups in total. The van der Waals surface area contributed by atoms with Gasteiger partial charge in [-0.3, -0.25) is 4.79 Å². The van der Waals surface area contributed by atoms with Crippen molar-refractivity contribution in [3.63, 3.8) is 0 Å². The smallest absolute Gasteiger partial charge is 0.236 e. The molecule has 0 bridgehead atoms. The van der Waals surface area contributed by atoms with E-state index in [9.17, 15) is 4.79 Å². The van der Waals surface area contributed by atoms with E-state index in [1.165, 1.54) is 18.0 Å². The predicted octanol–water partition coefficient (Wildman–Crippen LogP) is 3.66. The van der Waals surface area contributed by atoms with Crippen LogP contribution in [0.5, 0.6) is 0 Å². The predicted molar refractivity (Wildman–Crippen MR) is 77.1 cm³/mol. The van der Waals surface area contributed by atoms with E-state index in [1.54, 1.807) is 12.1 Å². The fourth-order valence-electron chi connectivity index (χ4n) is 1.51. The standard InChI is InChI=1S/C15H15NO2S/c1-16(2)11-14(15(17)13-9-6-10-18-13)19-12-7-4-3-5-8-12/h3-11H,1-2H3/b14-11-. The van der Waals surface area contributed by atoms with Crippen molar-refractivity contribution in [2.45, 2.75) is 4.90 Å². The van der Waals surface area contributed by atoms with Gasteiger partial charge in [0.1, 0.15) is 0 Å². The molecule has 0 unspecified atom stereocenters. The normalized spacial score (nSPS) is 11.4. The summed E-state index contributed by atoms with van der Waals surface area (Å²) in [5.74, 6) is 0.254. The lowest BCUT2D eigenvalue weighted by Gasteiger charge is -2.10. The quantitative estimate of drug-likeness (QED) is 0.473. The minimum absolute atomic E-state index is 0.104. The summed E-state index contributed by atoms with van der Waals surface area (Å²) in [7, 11) is 3.78. The van der Waals surface area contributed by atoms with Crippen LogP contribution < -0.4 is 0 Å². The molecule has 0 amide bonds. The maximum absolute atomic E-state index is 12.3. The van der Waals surface area contributed by atoms with Crippen LogP contribution in [0.15, 0.2) is 69.1 Å². The Labute approximate surface area is 116 Å². The fourth-order valence-corrected chi connectivity index (χ4v) is 2.51. The Balaban J connectivity index is 2.25. The third-order valence-electron chi connectivity index (χ3n) is 2.32. The van der Waals surface area contributed by atoms with Gasteiger partial charge in [0.2, 0.25) is 5.78 Å². The number of rotatable bonds is 5. The molecule has 2 aromatic rings. The van der Waals surface area contributed by atoms with E-state index in [4.69, 9.17) is 4.42 Å². The summed E-state index contributed by atoms with van der Waals surface area (Å²) in [6.45, 7) is 0. The fraction of sp³-hybridized carbons (Fsp3) is 0.133. The molecule has 2 rings (SSSR count). The Bertz CT molecular complexity index is 559. The first-order chi connectivity index (χ1) is 9.16.